The number of piperazine rings is 1. The number of hydrogen-bond donors (Lipinski definition) is 4. The second kappa shape index (κ2) is 7.54. The smallest absolute Gasteiger partial charge is 0.121 e. The number of para-hydroxylation sites is 3. The van der Waals surface area contributed by atoms with E-state index >= 15 is 0 Å². The van der Waals surface area contributed by atoms with E-state index in [0.717, 1.165) is 13.1 Å². The van der Waals surface area contributed by atoms with Gasteiger partial charge in [-0.2, -0.15) is 0 Å². The van der Waals surface area contributed by atoms with E-state index in [-0.39, 0.29) is 17.2 Å². The summed E-state index contributed by atoms with van der Waals surface area (Å²) in [7, 11) is 0. The number of phenolic OH excluding ortho intramolecular Hbond substituents is 3. The van der Waals surface area contributed by atoms with Crippen LogP contribution in [0.4, 0.5) is 0 Å². The molecule has 5 nitrogen and oxygen atoms in total. The maximum atomic E-state index is 10.9. The van der Waals surface area contributed by atoms with Gasteiger partial charge in [0.15, 0.2) is 0 Å². The summed E-state index contributed by atoms with van der Waals surface area (Å²) in [6, 6.07) is 21.4. The third-order valence-electron chi connectivity index (χ3n) is 5.47. The van der Waals surface area contributed by atoms with Crippen molar-refractivity contribution in [3.63, 3.8) is 0 Å². The number of nitrogens with one attached hydrogen (secondary N) is 1. The van der Waals surface area contributed by atoms with Crippen LogP contribution in [0.1, 0.15) is 16.7 Å². The van der Waals surface area contributed by atoms with Gasteiger partial charge >= 0.3 is 0 Å². The quantitative estimate of drug-likeness (QED) is 0.527. The minimum absolute atomic E-state index is 0.118. The minimum atomic E-state index is -1.04. The van der Waals surface area contributed by atoms with E-state index in [1.165, 1.54) is 0 Å². The predicted molar refractivity (Wildman–Crippen MR) is 109 cm³/mol. The molecule has 0 aliphatic carbocycles. The van der Waals surface area contributed by atoms with Crippen LogP contribution in [0.25, 0.3) is 0 Å². The molecule has 0 unspecified atom stereocenters. The van der Waals surface area contributed by atoms with E-state index in [0.29, 0.717) is 29.8 Å². The van der Waals surface area contributed by atoms with E-state index in [4.69, 9.17) is 0 Å². The third-order valence-corrected chi connectivity index (χ3v) is 5.47. The molecule has 5 heteroatoms. The first-order valence-corrected chi connectivity index (χ1v) is 9.47. The van der Waals surface area contributed by atoms with Crippen LogP contribution >= 0.6 is 0 Å². The highest BCUT2D eigenvalue weighted by Gasteiger charge is 2.47. The zero-order valence-corrected chi connectivity index (χ0v) is 15.5. The highest BCUT2D eigenvalue weighted by atomic mass is 16.3. The SMILES string of the molecule is Oc1ccccc1C(c1ccccc1O)(c1ccccc1O)N1CCNCC1. The second-order valence-corrected chi connectivity index (χ2v) is 7.00. The van der Waals surface area contributed by atoms with Crippen LogP contribution in [0.15, 0.2) is 72.8 Å². The van der Waals surface area contributed by atoms with Crippen LogP contribution in [0.5, 0.6) is 17.2 Å². The van der Waals surface area contributed by atoms with Gasteiger partial charge in [-0.05, 0) is 18.2 Å². The van der Waals surface area contributed by atoms with Crippen molar-refractivity contribution in [2.24, 2.45) is 0 Å². The van der Waals surface area contributed by atoms with Gasteiger partial charge in [-0.25, -0.2) is 0 Å². The Kier molecular flexibility index (Phi) is 4.94. The number of benzene rings is 3. The maximum absolute atomic E-state index is 10.9. The van der Waals surface area contributed by atoms with Gasteiger partial charge in [-0.3, -0.25) is 4.90 Å². The maximum Gasteiger partial charge on any atom is 0.121 e. The summed E-state index contributed by atoms with van der Waals surface area (Å²) in [4.78, 5) is 2.21. The van der Waals surface area contributed by atoms with Crippen molar-refractivity contribution in [2.75, 3.05) is 26.2 Å². The third kappa shape index (κ3) is 2.89. The fourth-order valence-corrected chi connectivity index (χ4v) is 4.29. The number of rotatable bonds is 4. The molecule has 4 N–H and O–H groups in total. The fourth-order valence-electron chi connectivity index (χ4n) is 4.29. The predicted octanol–water partition coefficient (Wildman–Crippen LogP) is 3.00. The highest BCUT2D eigenvalue weighted by Crippen LogP contribution is 2.50. The van der Waals surface area contributed by atoms with Gasteiger partial charge in [0.05, 0.1) is 0 Å². The lowest BCUT2D eigenvalue weighted by Crippen LogP contribution is -2.55. The standard InChI is InChI=1S/C23H24N2O3/c26-20-10-4-1-7-17(20)23(25-15-13-24-14-16-25,18-8-2-5-11-21(18)27)19-9-3-6-12-22(19)28/h1-12,24,26-28H,13-16H2. The molecule has 28 heavy (non-hydrogen) atoms. The summed E-state index contributed by atoms with van der Waals surface area (Å²) < 4.78 is 0. The Labute approximate surface area is 164 Å². The average molecular weight is 376 g/mol. The lowest BCUT2D eigenvalue weighted by molar-refractivity contribution is 0.129. The van der Waals surface area contributed by atoms with Gasteiger partial charge in [0.25, 0.3) is 0 Å². The van der Waals surface area contributed by atoms with Crippen LogP contribution < -0.4 is 5.32 Å². The lowest BCUT2D eigenvalue weighted by atomic mass is 9.74. The molecule has 4 rings (SSSR count). The number of phenols is 3. The topological polar surface area (TPSA) is 76.0 Å². The molecule has 0 bridgehead atoms. The van der Waals surface area contributed by atoms with Gasteiger partial charge in [0.2, 0.25) is 0 Å². The summed E-state index contributed by atoms with van der Waals surface area (Å²) in [5, 5.41) is 36.0. The van der Waals surface area contributed by atoms with Crippen LogP contribution in [0, 0.1) is 0 Å². The van der Waals surface area contributed by atoms with E-state index in [1.807, 2.05) is 36.4 Å². The van der Waals surface area contributed by atoms with Crippen LogP contribution in [0.3, 0.4) is 0 Å². The van der Waals surface area contributed by atoms with Crippen molar-refractivity contribution in [3.8, 4) is 17.2 Å². The summed E-state index contributed by atoms with van der Waals surface area (Å²) >= 11 is 0. The first kappa shape index (κ1) is 18.3. The van der Waals surface area contributed by atoms with Crippen molar-refractivity contribution in [2.45, 2.75) is 5.54 Å². The molecule has 1 fully saturated rings. The van der Waals surface area contributed by atoms with E-state index in [9.17, 15) is 15.3 Å². The molecule has 1 saturated heterocycles. The second-order valence-electron chi connectivity index (χ2n) is 7.00. The number of hydrogen-bond acceptors (Lipinski definition) is 5. The number of nitrogens with zero attached hydrogens (tertiary/aromatic N) is 1. The molecule has 0 aromatic heterocycles. The zero-order valence-electron chi connectivity index (χ0n) is 15.5. The Bertz CT molecular complexity index is 856. The van der Waals surface area contributed by atoms with Gasteiger partial charge in [-0.15, -0.1) is 0 Å². The highest BCUT2D eigenvalue weighted by molar-refractivity contribution is 5.60. The molecule has 3 aromatic carbocycles. The monoisotopic (exact) mass is 376 g/mol. The van der Waals surface area contributed by atoms with E-state index < -0.39 is 5.54 Å². The Morgan fingerprint density at radius 1 is 0.607 bits per heavy atom. The van der Waals surface area contributed by atoms with Crippen LogP contribution in [-0.2, 0) is 5.54 Å². The molecule has 0 radical (unpaired) electrons. The molecule has 3 aromatic rings. The molecule has 0 spiro atoms. The summed E-state index contributed by atoms with van der Waals surface area (Å²) in [6.45, 7) is 2.93. The minimum Gasteiger partial charge on any atom is -0.508 e. The first-order chi connectivity index (χ1) is 13.7. The zero-order chi connectivity index (χ0) is 19.6. The van der Waals surface area contributed by atoms with Gasteiger partial charge < -0.3 is 20.6 Å². The molecule has 1 aliphatic rings. The van der Waals surface area contributed by atoms with Gasteiger partial charge in [0, 0.05) is 42.9 Å². The van der Waals surface area contributed by atoms with Gasteiger partial charge in [-0.1, -0.05) is 54.6 Å². The Morgan fingerprint density at radius 2 is 0.964 bits per heavy atom. The summed E-state index contributed by atoms with van der Waals surface area (Å²) in [6.07, 6.45) is 0. The van der Waals surface area contributed by atoms with Crippen LogP contribution in [0.2, 0.25) is 0 Å². The normalized spacial score (nSPS) is 15.4. The van der Waals surface area contributed by atoms with Crippen molar-refractivity contribution >= 4 is 0 Å². The Hall–Kier alpha value is -3.02. The van der Waals surface area contributed by atoms with E-state index in [1.54, 1.807) is 36.4 Å². The molecule has 0 saturated carbocycles. The fraction of sp³-hybridized carbons (Fsp3) is 0.217. The largest absolute Gasteiger partial charge is 0.508 e. The van der Waals surface area contributed by atoms with Gasteiger partial charge in [0.1, 0.15) is 22.8 Å². The van der Waals surface area contributed by atoms with Crippen molar-refractivity contribution < 1.29 is 15.3 Å². The lowest BCUT2D eigenvalue weighted by Gasteiger charge is -2.47. The molecular weight excluding hydrogens is 352 g/mol. The molecule has 1 heterocycles. The average Bonchev–Trinajstić information content (AvgIpc) is 2.73. The molecular formula is C23H24N2O3. The number of aromatic hydroxyl groups is 3. The van der Waals surface area contributed by atoms with E-state index in [2.05, 4.69) is 10.2 Å². The van der Waals surface area contributed by atoms with Crippen molar-refractivity contribution in [1.82, 2.24) is 10.2 Å². The summed E-state index contributed by atoms with van der Waals surface area (Å²) in [5.41, 5.74) is 0.837. The Balaban J connectivity index is 2.13. The molecule has 144 valence electrons. The first-order valence-electron chi connectivity index (χ1n) is 9.47. The molecule has 0 atom stereocenters. The Morgan fingerprint density at radius 3 is 1.32 bits per heavy atom. The van der Waals surface area contributed by atoms with Crippen LogP contribution in [-0.4, -0.2) is 46.4 Å². The molecule has 1 aliphatic heterocycles. The van der Waals surface area contributed by atoms with Crippen molar-refractivity contribution in [3.05, 3.63) is 89.5 Å². The summed E-state index contributed by atoms with van der Waals surface area (Å²) in [5.74, 6) is 0.354. The van der Waals surface area contributed by atoms with Crippen molar-refractivity contribution in [1.29, 1.82) is 0 Å². The molecule has 0 amide bonds.